The Morgan fingerprint density at radius 3 is 2.33 bits per heavy atom. The van der Waals surface area contributed by atoms with Gasteiger partial charge in [0.1, 0.15) is 23.0 Å². The van der Waals surface area contributed by atoms with Gasteiger partial charge in [0.2, 0.25) is 11.8 Å². The lowest BCUT2D eigenvalue weighted by Gasteiger charge is -2.08. The molecule has 0 aliphatic rings. The largest absolute Gasteiger partial charge is 0.494 e. The van der Waals surface area contributed by atoms with Gasteiger partial charge in [0.15, 0.2) is 5.82 Å². The molecule has 0 aliphatic heterocycles. The van der Waals surface area contributed by atoms with E-state index in [1.54, 1.807) is 12.1 Å². The number of carbonyl (C=O) groups is 2. The molecule has 0 atom stereocenters. The van der Waals surface area contributed by atoms with Crippen molar-refractivity contribution in [2.45, 2.75) is 13.8 Å². The third-order valence-electron chi connectivity index (χ3n) is 2.59. The van der Waals surface area contributed by atoms with Crippen molar-refractivity contribution in [2.24, 2.45) is 10.2 Å². The molecule has 1 aromatic rings. The molecule has 1 aromatic heterocycles. The molecule has 8 heteroatoms. The summed E-state index contributed by atoms with van der Waals surface area (Å²) in [5.41, 5.74) is 0.672. The normalized spacial score (nSPS) is 11.5. The van der Waals surface area contributed by atoms with Crippen LogP contribution in [0.4, 0.5) is 17.3 Å². The van der Waals surface area contributed by atoms with Crippen molar-refractivity contribution >= 4 is 29.1 Å². The van der Waals surface area contributed by atoms with Crippen LogP contribution in [0.3, 0.4) is 0 Å². The zero-order valence-corrected chi connectivity index (χ0v) is 13.8. The molecule has 0 radical (unpaired) electrons. The van der Waals surface area contributed by atoms with Gasteiger partial charge in [0, 0.05) is 13.8 Å². The molecule has 1 rings (SSSR count). The number of nitrogens with zero attached hydrogens (tertiary/aromatic N) is 3. The summed E-state index contributed by atoms with van der Waals surface area (Å²) >= 11 is 0. The number of azo groups is 1. The molecule has 0 unspecified atom stereocenters. The number of amides is 2. The zero-order chi connectivity index (χ0) is 18.1. The van der Waals surface area contributed by atoms with Gasteiger partial charge in [-0.05, 0) is 24.3 Å². The number of methoxy groups -OCH3 is 1. The van der Waals surface area contributed by atoms with E-state index in [9.17, 15) is 9.59 Å². The van der Waals surface area contributed by atoms with E-state index in [0.717, 1.165) is 0 Å². The number of carbonyl (C=O) groups excluding carboxylic acids is 2. The van der Waals surface area contributed by atoms with Crippen LogP contribution >= 0.6 is 0 Å². The summed E-state index contributed by atoms with van der Waals surface area (Å²) in [6.45, 7) is 9.94. The van der Waals surface area contributed by atoms with Crippen LogP contribution < -0.4 is 10.6 Å². The minimum absolute atomic E-state index is 0.165. The minimum Gasteiger partial charge on any atom is -0.494 e. The second-order valence-corrected chi connectivity index (χ2v) is 4.49. The van der Waals surface area contributed by atoms with Crippen molar-refractivity contribution in [3.63, 3.8) is 0 Å². The number of rotatable bonds is 7. The van der Waals surface area contributed by atoms with Gasteiger partial charge in [0.25, 0.3) is 0 Å². The van der Waals surface area contributed by atoms with E-state index < -0.39 is 0 Å². The fraction of sp³-hybridized carbons (Fsp3) is 0.188. The topological polar surface area (TPSA) is 105 Å². The van der Waals surface area contributed by atoms with Gasteiger partial charge in [0.05, 0.1) is 7.11 Å². The Balaban J connectivity index is 3.26. The fourth-order valence-electron chi connectivity index (χ4n) is 1.63. The average Bonchev–Trinajstić information content (AvgIpc) is 2.51. The summed E-state index contributed by atoms with van der Waals surface area (Å²) in [6.07, 6.45) is 2.93. The van der Waals surface area contributed by atoms with Gasteiger partial charge < -0.3 is 15.4 Å². The third-order valence-corrected chi connectivity index (χ3v) is 2.59. The van der Waals surface area contributed by atoms with E-state index in [1.165, 1.54) is 33.1 Å². The average molecular weight is 329 g/mol. The monoisotopic (exact) mass is 329 g/mol. The first-order chi connectivity index (χ1) is 11.4. The van der Waals surface area contributed by atoms with Crippen LogP contribution in [0.2, 0.25) is 0 Å². The van der Waals surface area contributed by atoms with Gasteiger partial charge in [-0.2, -0.15) is 0 Å². The molecule has 126 valence electrons. The zero-order valence-electron chi connectivity index (χ0n) is 13.8. The summed E-state index contributed by atoms with van der Waals surface area (Å²) in [4.78, 5) is 26.6. The van der Waals surface area contributed by atoms with E-state index in [-0.39, 0.29) is 23.5 Å². The molecule has 0 saturated carbocycles. The molecule has 0 fully saturated rings. The highest BCUT2D eigenvalue weighted by atomic mass is 16.5. The van der Waals surface area contributed by atoms with E-state index in [1.807, 2.05) is 0 Å². The lowest BCUT2D eigenvalue weighted by molar-refractivity contribution is -0.115. The Morgan fingerprint density at radius 2 is 1.83 bits per heavy atom. The molecule has 0 aliphatic carbocycles. The number of hydrogen-bond acceptors (Lipinski definition) is 6. The van der Waals surface area contributed by atoms with Crippen LogP contribution in [0.25, 0.3) is 0 Å². The van der Waals surface area contributed by atoms with Crippen LogP contribution in [-0.2, 0) is 14.3 Å². The Morgan fingerprint density at radius 1 is 1.17 bits per heavy atom. The first kappa shape index (κ1) is 18.8. The molecule has 24 heavy (non-hydrogen) atoms. The van der Waals surface area contributed by atoms with E-state index >= 15 is 0 Å². The Labute approximate surface area is 140 Å². The summed E-state index contributed by atoms with van der Waals surface area (Å²) in [7, 11) is 1.47. The standard InChI is InChI=1S/C16H19N5O3/c1-6-12(14(7-2)24-5)20-21-13-8-9-15(17-10(3)22)19-16(13)18-11(4)23/h6-9H,1-2H2,3-5H3,(H2,17,18,19,22,23)/b14-12-,21-20?. The van der Waals surface area contributed by atoms with Crippen molar-refractivity contribution in [1.29, 1.82) is 0 Å². The Hall–Kier alpha value is -3.29. The molecule has 8 nitrogen and oxygen atoms in total. The highest BCUT2D eigenvalue weighted by molar-refractivity contribution is 5.92. The molecular weight excluding hydrogens is 310 g/mol. The number of anilines is 2. The Bertz CT molecular complexity index is 722. The first-order valence-electron chi connectivity index (χ1n) is 6.92. The molecule has 0 spiro atoms. The van der Waals surface area contributed by atoms with E-state index in [4.69, 9.17) is 4.74 Å². The maximum absolute atomic E-state index is 11.3. The van der Waals surface area contributed by atoms with E-state index in [2.05, 4.69) is 39.0 Å². The van der Waals surface area contributed by atoms with Crippen molar-refractivity contribution < 1.29 is 14.3 Å². The molecule has 1 heterocycles. The predicted octanol–water partition coefficient (Wildman–Crippen LogP) is 3.31. The summed E-state index contributed by atoms with van der Waals surface area (Å²) in [5, 5.41) is 13.1. The number of pyridine rings is 1. The summed E-state index contributed by atoms with van der Waals surface area (Å²) < 4.78 is 5.10. The maximum Gasteiger partial charge on any atom is 0.222 e. The number of aromatic nitrogens is 1. The molecule has 0 aromatic carbocycles. The fourth-order valence-corrected chi connectivity index (χ4v) is 1.63. The summed E-state index contributed by atoms with van der Waals surface area (Å²) in [5.74, 6) is 0.241. The SMILES string of the molecule is C=C/C(N=Nc1ccc(NC(C)=O)nc1NC(C)=O)=C(\C=C)OC. The van der Waals surface area contributed by atoms with Gasteiger partial charge >= 0.3 is 0 Å². The lowest BCUT2D eigenvalue weighted by Crippen LogP contribution is -2.11. The second kappa shape index (κ2) is 8.99. The molecule has 0 saturated heterocycles. The Kier molecular flexibility index (Phi) is 7.02. The molecule has 2 amide bonds. The maximum atomic E-state index is 11.3. The molecule has 0 bridgehead atoms. The number of ether oxygens (including phenoxy) is 1. The first-order valence-corrected chi connectivity index (χ1v) is 6.92. The van der Waals surface area contributed by atoms with Crippen molar-refractivity contribution in [3.8, 4) is 0 Å². The van der Waals surface area contributed by atoms with Crippen molar-refractivity contribution in [2.75, 3.05) is 17.7 Å². The van der Waals surface area contributed by atoms with Crippen LogP contribution in [0.1, 0.15) is 13.8 Å². The lowest BCUT2D eigenvalue weighted by atomic mass is 10.3. The van der Waals surface area contributed by atoms with Crippen LogP contribution in [-0.4, -0.2) is 23.9 Å². The van der Waals surface area contributed by atoms with Gasteiger partial charge in [-0.1, -0.05) is 13.2 Å². The molecule has 2 N–H and O–H groups in total. The quantitative estimate of drug-likeness (QED) is 0.455. The van der Waals surface area contributed by atoms with Crippen LogP contribution in [0.15, 0.2) is 59.1 Å². The van der Waals surface area contributed by atoms with Gasteiger partial charge in [-0.3, -0.25) is 9.59 Å². The highest BCUT2D eigenvalue weighted by Crippen LogP contribution is 2.26. The number of nitrogens with one attached hydrogen (secondary N) is 2. The number of allylic oxidation sites excluding steroid dienone is 2. The van der Waals surface area contributed by atoms with E-state index in [0.29, 0.717) is 17.1 Å². The van der Waals surface area contributed by atoms with Crippen LogP contribution in [0, 0.1) is 0 Å². The summed E-state index contributed by atoms with van der Waals surface area (Å²) in [6, 6.07) is 3.11. The second-order valence-electron chi connectivity index (χ2n) is 4.49. The third kappa shape index (κ3) is 5.48. The smallest absolute Gasteiger partial charge is 0.222 e. The van der Waals surface area contributed by atoms with Gasteiger partial charge in [-0.15, -0.1) is 10.2 Å². The minimum atomic E-state index is -0.331. The highest BCUT2D eigenvalue weighted by Gasteiger charge is 2.09. The van der Waals surface area contributed by atoms with Crippen molar-refractivity contribution in [1.82, 2.24) is 4.98 Å². The predicted molar refractivity (Wildman–Crippen MR) is 91.8 cm³/mol. The number of hydrogen-bond donors (Lipinski definition) is 2. The molecular formula is C16H19N5O3. The van der Waals surface area contributed by atoms with Crippen molar-refractivity contribution in [3.05, 3.63) is 48.9 Å². The van der Waals surface area contributed by atoms with Gasteiger partial charge in [-0.25, -0.2) is 4.98 Å². The van der Waals surface area contributed by atoms with Crippen LogP contribution in [0.5, 0.6) is 0 Å².